The Labute approximate surface area is 206 Å². The number of fused-ring (bicyclic) bond motifs is 1. The molecule has 2 aromatic rings. The lowest BCUT2D eigenvalue weighted by atomic mass is 9.96. The van der Waals surface area contributed by atoms with Gasteiger partial charge in [-0.05, 0) is 31.9 Å². The van der Waals surface area contributed by atoms with Gasteiger partial charge < -0.3 is 14.4 Å². The lowest BCUT2D eigenvalue weighted by Gasteiger charge is -2.38. The summed E-state index contributed by atoms with van der Waals surface area (Å²) in [5, 5.41) is -0.386. The Kier molecular flexibility index (Phi) is 7.18. The first-order valence-corrected chi connectivity index (χ1v) is 12.5. The maximum absolute atomic E-state index is 13.5. The number of amides is 2. The average molecular weight is 500 g/mol. The van der Waals surface area contributed by atoms with Crippen LogP contribution in [0.15, 0.2) is 65.1 Å². The van der Waals surface area contributed by atoms with E-state index in [9.17, 15) is 14.4 Å². The third-order valence-corrected chi connectivity index (χ3v) is 7.55. The van der Waals surface area contributed by atoms with Crippen molar-refractivity contribution in [2.45, 2.75) is 43.0 Å². The van der Waals surface area contributed by atoms with Gasteiger partial charge in [0.05, 0.1) is 18.7 Å². The minimum absolute atomic E-state index is 0.235. The van der Waals surface area contributed by atoms with Gasteiger partial charge in [-0.1, -0.05) is 60.7 Å². The Morgan fingerprint density at radius 1 is 1.12 bits per heavy atom. The van der Waals surface area contributed by atoms with E-state index in [1.54, 1.807) is 6.92 Å². The Morgan fingerprint density at radius 2 is 1.71 bits per heavy atom. The molecule has 0 bridgehead atoms. The molecule has 2 aliphatic heterocycles. The Morgan fingerprint density at radius 3 is 2.26 bits per heavy atom. The Bertz CT molecular complexity index is 1050. The molecule has 34 heavy (non-hydrogen) atoms. The molecule has 8 nitrogen and oxygen atoms in total. The van der Waals surface area contributed by atoms with E-state index in [0.717, 1.165) is 23.3 Å². The zero-order valence-corrected chi connectivity index (χ0v) is 20.6. The largest absolute Gasteiger partial charge is 0.451 e. The van der Waals surface area contributed by atoms with Crippen molar-refractivity contribution in [3.8, 4) is 0 Å². The van der Waals surface area contributed by atoms with E-state index in [-0.39, 0.29) is 23.6 Å². The molecule has 0 spiro atoms. The first-order chi connectivity index (χ1) is 16.3. The molecule has 4 rings (SSSR count). The molecule has 10 heteroatoms. The van der Waals surface area contributed by atoms with E-state index in [0.29, 0.717) is 0 Å². The van der Waals surface area contributed by atoms with Crippen molar-refractivity contribution in [1.29, 1.82) is 0 Å². The van der Waals surface area contributed by atoms with Crippen molar-refractivity contribution in [3.63, 3.8) is 0 Å². The fourth-order valence-electron chi connectivity index (χ4n) is 3.98. The Balaban J connectivity index is 1.52. The first-order valence-electron chi connectivity index (χ1n) is 10.8. The number of hydrogen-bond donors (Lipinski definition) is 1. The molecule has 2 atom stereocenters. The summed E-state index contributed by atoms with van der Waals surface area (Å²) in [5.41, 5.74) is 1.99. The highest BCUT2D eigenvalue weighted by Crippen LogP contribution is 2.50. The van der Waals surface area contributed by atoms with Crippen LogP contribution in [-0.4, -0.2) is 51.4 Å². The van der Waals surface area contributed by atoms with Gasteiger partial charge in [-0.15, -0.1) is 11.8 Å². The van der Waals surface area contributed by atoms with Crippen molar-refractivity contribution < 1.29 is 23.9 Å². The number of nitrogens with zero attached hydrogens (tertiary/aromatic N) is 2. The van der Waals surface area contributed by atoms with Crippen LogP contribution in [0.25, 0.3) is 0 Å². The zero-order chi connectivity index (χ0) is 24.3. The summed E-state index contributed by atoms with van der Waals surface area (Å²) in [4.78, 5) is 39.3. The molecule has 0 saturated carbocycles. The number of hydrogen-bond acceptors (Lipinski definition) is 8. The van der Waals surface area contributed by atoms with E-state index < -0.39 is 29.0 Å². The summed E-state index contributed by atoms with van der Waals surface area (Å²) in [6.07, 6.45) is -1.22. The van der Waals surface area contributed by atoms with Gasteiger partial charge in [0.2, 0.25) is 0 Å². The average Bonchev–Trinajstić information content (AvgIpc) is 3.09. The molecule has 0 unspecified atom stereocenters. The van der Waals surface area contributed by atoms with Crippen LogP contribution < -0.4 is 4.72 Å². The second kappa shape index (κ2) is 10.1. The second-order valence-corrected chi connectivity index (χ2v) is 10.5. The second-order valence-electron chi connectivity index (χ2n) is 8.22. The third kappa shape index (κ3) is 4.78. The number of carbonyl (C=O) groups is 3. The number of carbonyl (C=O) groups excluding carboxylic acids is 3. The molecule has 0 radical (unpaired) electrons. The van der Waals surface area contributed by atoms with Crippen molar-refractivity contribution in [2.75, 3.05) is 6.61 Å². The molecule has 0 aliphatic carbocycles. The van der Waals surface area contributed by atoms with Crippen molar-refractivity contribution in [2.24, 2.45) is 4.40 Å². The molecular weight excluding hydrogens is 474 g/mol. The van der Waals surface area contributed by atoms with Crippen LogP contribution in [0.2, 0.25) is 0 Å². The predicted octanol–water partition coefficient (Wildman–Crippen LogP) is 4.13. The van der Waals surface area contributed by atoms with Crippen LogP contribution in [-0.2, 0) is 19.1 Å². The van der Waals surface area contributed by atoms with Gasteiger partial charge in [0.25, 0.3) is 5.91 Å². The predicted molar refractivity (Wildman–Crippen MR) is 132 cm³/mol. The van der Waals surface area contributed by atoms with Gasteiger partial charge >= 0.3 is 12.1 Å². The van der Waals surface area contributed by atoms with Gasteiger partial charge in [-0.25, -0.2) is 14.3 Å². The van der Waals surface area contributed by atoms with Crippen LogP contribution >= 0.6 is 23.9 Å². The molecule has 2 heterocycles. The van der Waals surface area contributed by atoms with Crippen LogP contribution in [0.5, 0.6) is 0 Å². The molecule has 2 aromatic carbocycles. The summed E-state index contributed by atoms with van der Waals surface area (Å²) in [5.74, 6) is -0.818. The summed E-state index contributed by atoms with van der Waals surface area (Å²) < 4.78 is 16.8. The molecular formula is C24H25N3O5S2. The minimum Gasteiger partial charge on any atom is -0.451 e. The number of nitrogens with one attached hydrogen (secondary N) is 1. The van der Waals surface area contributed by atoms with Crippen LogP contribution in [0.3, 0.4) is 0 Å². The standard InChI is InChI=1S/C24H25N3O5S2/c1-4-31-23(30)26-34-25-17-20(28)27-19(24(2,3)33-21(17)27)22(29)32-18(15-11-7-5-8-12-15)16-13-9-6-10-14-16/h5-14,18-19,21H,4H2,1-3H3,(H,26,30)/b25-17+/t19-,21+/m0/s1. The molecule has 2 saturated heterocycles. The fourth-order valence-corrected chi connectivity index (χ4v) is 6.01. The van der Waals surface area contributed by atoms with Gasteiger partial charge in [-0.3, -0.25) is 4.79 Å². The highest BCUT2D eigenvalue weighted by molar-refractivity contribution is 8.02. The summed E-state index contributed by atoms with van der Waals surface area (Å²) in [6.45, 7) is 5.76. The van der Waals surface area contributed by atoms with E-state index >= 15 is 0 Å². The van der Waals surface area contributed by atoms with Gasteiger partial charge in [-0.2, -0.15) is 4.40 Å². The van der Waals surface area contributed by atoms with Crippen LogP contribution in [0, 0.1) is 0 Å². The lowest BCUT2D eigenvalue weighted by molar-refractivity contribution is -0.158. The highest BCUT2D eigenvalue weighted by Gasteiger charge is 2.63. The lowest BCUT2D eigenvalue weighted by Crippen LogP contribution is -2.63. The fraction of sp³-hybridized carbons (Fsp3) is 0.333. The van der Waals surface area contributed by atoms with Crippen molar-refractivity contribution >= 4 is 47.6 Å². The number of benzene rings is 2. The van der Waals surface area contributed by atoms with Gasteiger partial charge in [0.15, 0.2) is 6.10 Å². The topological polar surface area (TPSA) is 97.3 Å². The van der Waals surface area contributed by atoms with E-state index in [1.165, 1.54) is 16.7 Å². The molecule has 0 aromatic heterocycles. The smallest absolute Gasteiger partial charge is 0.418 e. The SMILES string of the molecule is CCOC(=O)NS/N=C1\C(=O)N2[C@@H]1SC(C)(C)[C@@H]2C(=O)OC(c1ccccc1)c1ccccc1. The molecule has 1 N–H and O–H groups in total. The molecule has 2 amide bonds. The van der Waals surface area contributed by atoms with Crippen molar-refractivity contribution in [3.05, 3.63) is 71.8 Å². The number of rotatable bonds is 7. The summed E-state index contributed by atoms with van der Waals surface area (Å²) in [7, 11) is 0. The van der Waals surface area contributed by atoms with Crippen LogP contribution in [0.1, 0.15) is 38.0 Å². The van der Waals surface area contributed by atoms with Gasteiger partial charge in [0.1, 0.15) is 17.1 Å². The normalized spacial score (nSPS) is 21.7. The van der Waals surface area contributed by atoms with Crippen molar-refractivity contribution in [1.82, 2.24) is 9.62 Å². The molecule has 2 aliphatic rings. The van der Waals surface area contributed by atoms with E-state index in [1.807, 2.05) is 74.5 Å². The minimum atomic E-state index is -0.771. The van der Waals surface area contributed by atoms with E-state index in [2.05, 4.69) is 9.12 Å². The number of esters is 1. The number of β-lactam (4-membered cyclic amide) rings is 1. The molecule has 178 valence electrons. The summed E-state index contributed by atoms with van der Waals surface area (Å²) >= 11 is 2.21. The quantitative estimate of drug-likeness (QED) is 0.348. The summed E-state index contributed by atoms with van der Waals surface area (Å²) in [6, 6.07) is 18.3. The van der Waals surface area contributed by atoms with E-state index in [4.69, 9.17) is 9.47 Å². The zero-order valence-electron chi connectivity index (χ0n) is 19.0. The monoisotopic (exact) mass is 499 g/mol. The number of ether oxygens (including phenoxy) is 2. The maximum Gasteiger partial charge on any atom is 0.418 e. The number of thioether (sulfide) groups is 1. The first kappa shape index (κ1) is 24.2. The van der Waals surface area contributed by atoms with Crippen LogP contribution in [0.4, 0.5) is 4.79 Å². The maximum atomic E-state index is 13.5. The van der Waals surface area contributed by atoms with Gasteiger partial charge in [0, 0.05) is 4.75 Å². The Hall–Kier alpha value is -2.98. The molecule has 2 fully saturated rings. The highest BCUT2D eigenvalue weighted by atomic mass is 32.2. The third-order valence-electron chi connectivity index (χ3n) is 5.50.